The van der Waals surface area contributed by atoms with E-state index in [9.17, 15) is 9.59 Å². The molecule has 0 atom stereocenters. The van der Waals surface area contributed by atoms with Crippen LogP contribution in [0.25, 0.3) is 17.1 Å². The Morgan fingerprint density at radius 2 is 1.68 bits per heavy atom. The molecule has 0 aliphatic heterocycles. The number of benzene rings is 2. The number of thioether (sulfide) groups is 1. The smallest absolute Gasteiger partial charge is 0.305 e. The molecule has 174 valence electrons. The Hall–Kier alpha value is -3.85. The number of aromatic nitrogens is 3. The maximum absolute atomic E-state index is 12.3. The summed E-state index contributed by atoms with van der Waals surface area (Å²) in [6, 6.07) is 21.1. The van der Waals surface area contributed by atoms with E-state index in [0.29, 0.717) is 11.0 Å². The van der Waals surface area contributed by atoms with Gasteiger partial charge in [0.2, 0.25) is 5.91 Å². The maximum Gasteiger partial charge on any atom is 0.305 e. The minimum Gasteiger partial charge on any atom is -0.459 e. The third-order valence-electron chi connectivity index (χ3n) is 5.05. The van der Waals surface area contributed by atoms with Gasteiger partial charge in [0, 0.05) is 11.3 Å². The minimum atomic E-state index is -0.531. The normalized spacial score (nSPS) is 11.3. The number of nitrogens with one attached hydrogen (secondary N) is 2. The van der Waals surface area contributed by atoms with Gasteiger partial charge in [-0.2, -0.15) is 0 Å². The van der Waals surface area contributed by atoms with Crippen molar-refractivity contribution in [2.24, 2.45) is 0 Å². The Balaban J connectivity index is 1.52. The SMILES string of the molecule is CC(C)(C)c1ccc(-c2nnc(SCC(=O)NNC(=O)c3ccco3)n2-c2ccccc2)cc1. The lowest BCUT2D eigenvalue weighted by molar-refractivity contribution is -0.119. The summed E-state index contributed by atoms with van der Waals surface area (Å²) < 4.78 is 6.92. The van der Waals surface area contributed by atoms with Gasteiger partial charge in [0.25, 0.3) is 0 Å². The van der Waals surface area contributed by atoms with Gasteiger partial charge in [-0.1, -0.05) is 75.0 Å². The molecule has 8 nitrogen and oxygen atoms in total. The van der Waals surface area contributed by atoms with Gasteiger partial charge in [-0.15, -0.1) is 10.2 Å². The molecule has 2 aromatic carbocycles. The Bertz CT molecular complexity index is 1260. The summed E-state index contributed by atoms with van der Waals surface area (Å²) in [6.07, 6.45) is 1.39. The van der Waals surface area contributed by atoms with Crippen molar-refractivity contribution < 1.29 is 14.0 Å². The Morgan fingerprint density at radius 3 is 2.32 bits per heavy atom. The van der Waals surface area contributed by atoms with E-state index < -0.39 is 5.91 Å². The number of nitrogens with zero attached hydrogens (tertiary/aromatic N) is 3. The van der Waals surface area contributed by atoms with Gasteiger partial charge in [0.05, 0.1) is 12.0 Å². The van der Waals surface area contributed by atoms with Crippen LogP contribution in [0.2, 0.25) is 0 Å². The molecule has 0 saturated heterocycles. The molecular formula is C25H25N5O3S. The van der Waals surface area contributed by atoms with Crippen LogP contribution in [-0.2, 0) is 10.2 Å². The third-order valence-corrected chi connectivity index (χ3v) is 5.98. The Labute approximate surface area is 201 Å². The zero-order valence-electron chi connectivity index (χ0n) is 19.1. The zero-order valence-corrected chi connectivity index (χ0v) is 19.9. The lowest BCUT2D eigenvalue weighted by Gasteiger charge is -2.19. The van der Waals surface area contributed by atoms with Crippen molar-refractivity contribution in [1.29, 1.82) is 0 Å². The van der Waals surface area contributed by atoms with E-state index in [4.69, 9.17) is 4.42 Å². The number of carbonyl (C=O) groups is 2. The number of rotatable bonds is 6. The number of amides is 2. The van der Waals surface area contributed by atoms with E-state index in [2.05, 4.69) is 54.0 Å². The first-order chi connectivity index (χ1) is 16.3. The summed E-state index contributed by atoms with van der Waals surface area (Å²) in [5.41, 5.74) is 7.79. The summed E-state index contributed by atoms with van der Waals surface area (Å²) in [5.74, 6) is -0.0909. The standard InChI is InChI=1S/C25H25N5O3S/c1-25(2,3)18-13-11-17(12-14-18)22-27-29-24(30(22)19-8-5-4-6-9-19)34-16-21(31)26-28-23(32)20-10-7-15-33-20/h4-15H,16H2,1-3H3,(H,26,31)(H,28,32). The number of para-hydroxylation sites is 1. The van der Waals surface area contributed by atoms with Crippen molar-refractivity contribution >= 4 is 23.6 Å². The molecule has 0 radical (unpaired) electrons. The van der Waals surface area contributed by atoms with Crippen LogP contribution in [0.4, 0.5) is 0 Å². The molecule has 0 spiro atoms. The van der Waals surface area contributed by atoms with Crippen molar-refractivity contribution in [1.82, 2.24) is 25.6 Å². The highest BCUT2D eigenvalue weighted by molar-refractivity contribution is 7.99. The second-order valence-corrected chi connectivity index (χ2v) is 9.52. The molecule has 2 aromatic heterocycles. The van der Waals surface area contributed by atoms with Gasteiger partial charge in [-0.25, -0.2) is 0 Å². The van der Waals surface area contributed by atoms with Crippen LogP contribution < -0.4 is 10.9 Å². The van der Waals surface area contributed by atoms with Crippen molar-refractivity contribution in [2.45, 2.75) is 31.3 Å². The fraction of sp³-hybridized carbons (Fsp3) is 0.200. The van der Waals surface area contributed by atoms with Crippen molar-refractivity contribution in [3.05, 3.63) is 84.3 Å². The molecule has 0 fully saturated rings. The fourth-order valence-electron chi connectivity index (χ4n) is 3.24. The zero-order chi connectivity index (χ0) is 24.1. The van der Waals surface area contributed by atoms with Crippen LogP contribution in [0.5, 0.6) is 0 Å². The van der Waals surface area contributed by atoms with Gasteiger partial charge in [0.15, 0.2) is 16.7 Å². The number of hydrogen-bond donors (Lipinski definition) is 2. The summed E-state index contributed by atoms with van der Waals surface area (Å²) in [7, 11) is 0. The monoisotopic (exact) mass is 475 g/mol. The van der Waals surface area contributed by atoms with Crippen LogP contribution in [0, 0.1) is 0 Å². The highest BCUT2D eigenvalue weighted by atomic mass is 32.2. The maximum atomic E-state index is 12.3. The Morgan fingerprint density at radius 1 is 0.941 bits per heavy atom. The van der Waals surface area contributed by atoms with Gasteiger partial charge in [-0.05, 0) is 35.2 Å². The van der Waals surface area contributed by atoms with Gasteiger partial charge in [-0.3, -0.25) is 25.0 Å². The summed E-state index contributed by atoms with van der Waals surface area (Å²) in [4.78, 5) is 24.2. The van der Waals surface area contributed by atoms with Crippen LogP contribution in [0.3, 0.4) is 0 Å². The van der Waals surface area contributed by atoms with E-state index in [1.165, 1.54) is 29.7 Å². The summed E-state index contributed by atoms with van der Waals surface area (Å²) >= 11 is 1.22. The number of carbonyl (C=O) groups excluding carboxylic acids is 2. The Kier molecular flexibility index (Phi) is 6.83. The molecule has 2 N–H and O–H groups in total. The van der Waals surface area contributed by atoms with Crippen LogP contribution in [0.1, 0.15) is 36.9 Å². The van der Waals surface area contributed by atoms with Crippen LogP contribution in [-0.4, -0.2) is 32.3 Å². The molecule has 4 aromatic rings. The first-order valence-electron chi connectivity index (χ1n) is 10.7. The van der Waals surface area contributed by atoms with Crippen LogP contribution >= 0.6 is 11.8 Å². The van der Waals surface area contributed by atoms with E-state index in [0.717, 1.165) is 11.3 Å². The largest absolute Gasteiger partial charge is 0.459 e. The van der Waals surface area contributed by atoms with Gasteiger partial charge in [0.1, 0.15) is 0 Å². The minimum absolute atomic E-state index is 0.0341. The quantitative estimate of drug-likeness (QED) is 0.317. The molecule has 9 heteroatoms. The molecule has 4 rings (SSSR count). The molecule has 0 bridgehead atoms. The van der Waals surface area contributed by atoms with E-state index in [1.807, 2.05) is 47.0 Å². The number of hydrogen-bond acceptors (Lipinski definition) is 6. The van der Waals surface area contributed by atoms with Gasteiger partial charge >= 0.3 is 5.91 Å². The molecule has 34 heavy (non-hydrogen) atoms. The first kappa shape index (κ1) is 23.3. The third kappa shape index (κ3) is 5.37. The molecule has 2 amide bonds. The number of hydrazine groups is 1. The molecule has 0 saturated carbocycles. The number of furan rings is 1. The lowest BCUT2D eigenvalue weighted by Crippen LogP contribution is -2.42. The van der Waals surface area contributed by atoms with E-state index in [-0.39, 0.29) is 22.8 Å². The predicted molar refractivity (Wildman–Crippen MR) is 131 cm³/mol. The lowest BCUT2D eigenvalue weighted by atomic mass is 9.87. The second-order valence-electron chi connectivity index (χ2n) is 8.57. The summed E-state index contributed by atoms with van der Waals surface area (Å²) in [6.45, 7) is 6.52. The van der Waals surface area contributed by atoms with Crippen LogP contribution in [0.15, 0.2) is 82.6 Å². The average Bonchev–Trinajstić information content (AvgIpc) is 3.52. The van der Waals surface area contributed by atoms with Crippen molar-refractivity contribution in [2.75, 3.05) is 5.75 Å². The molecular weight excluding hydrogens is 450 g/mol. The molecule has 0 aliphatic rings. The van der Waals surface area contributed by atoms with Gasteiger partial charge < -0.3 is 4.42 Å². The van der Waals surface area contributed by atoms with Crippen molar-refractivity contribution in [3.8, 4) is 17.1 Å². The first-order valence-corrected chi connectivity index (χ1v) is 11.7. The molecule has 2 heterocycles. The average molecular weight is 476 g/mol. The highest BCUT2D eigenvalue weighted by Gasteiger charge is 2.19. The predicted octanol–water partition coefficient (Wildman–Crippen LogP) is 4.38. The summed E-state index contributed by atoms with van der Waals surface area (Å²) in [5, 5.41) is 9.32. The van der Waals surface area contributed by atoms with Crippen molar-refractivity contribution in [3.63, 3.8) is 0 Å². The fourth-order valence-corrected chi connectivity index (χ4v) is 3.99. The van der Waals surface area contributed by atoms with E-state index in [1.54, 1.807) is 6.07 Å². The topological polar surface area (TPSA) is 102 Å². The highest BCUT2D eigenvalue weighted by Crippen LogP contribution is 2.30. The molecule has 0 aliphatic carbocycles. The molecule has 0 unspecified atom stereocenters. The van der Waals surface area contributed by atoms with E-state index >= 15 is 0 Å². The second kappa shape index (κ2) is 9.96.